The monoisotopic (exact) mass is 345 g/mol. The van der Waals surface area contributed by atoms with Gasteiger partial charge in [-0.25, -0.2) is 0 Å². The van der Waals surface area contributed by atoms with Crippen molar-refractivity contribution in [2.75, 3.05) is 19.6 Å². The first-order valence-corrected chi connectivity index (χ1v) is 9.58. The second kappa shape index (κ2) is 6.50. The highest BCUT2D eigenvalue weighted by molar-refractivity contribution is 5.97. The van der Waals surface area contributed by atoms with E-state index in [0.717, 1.165) is 49.3 Å². The van der Waals surface area contributed by atoms with E-state index in [9.17, 15) is 9.59 Å². The zero-order valence-electron chi connectivity index (χ0n) is 16.3. The van der Waals surface area contributed by atoms with Crippen LogP contribution < -0.4 is 0 Å². The van der Waals surface area contributed by atoms with Crippen molar-refractivity contribution in [2.45, 2.75) is 66.5 Å². The number of nitrogens with zero attached hydrogens (tertiary/aromatic N) is 3. The predicted molar refractivity (Wildman–Crippen MR) is 98.6 cm³/mol. The molecule has 0 aromatic carbocycles. The first-order chi connectivity index (χ1) is 11.8. The number of piperidine rings is 1. The molecule has 25 heavy (non-hydrogen) atoms. The maximum Gasteiger partial charge on any atom is 0.255 e. The van der Waals surface area contributed by atoms with Crippen molar-refractivity contribution in [3.8, 4) is 0 Å². The molecule has 0 N–H and O–H groups in total. The van der Waals surface area contributed by atoms with Gasteiger partial charge in [0.1, 0.15) is 0 Å². The highest BCUT2D eigenvalue weighted by atomic mass is 16.2. The Morgan fingerprint density at radius 1 is 1.24 bits per heavy atom. The lowest BCUT2D eigenvalue weighted by molar-refractivity contribution is -0.147. The molecule has 3 heterocycles. The number of amides is 2. The highest BCUT2D eigenvalue weighted by Gasteiger charge is 2.50. The Morgan fingerprint density at radius 2 is 1.96 bits per heavy atom. The number of aryl methyl sites for hydroxylation is 1. The lowest BCUT2D eigenvalue weighted by Gasteiger charge is -2.41. The molecule has 1 aromatic rings. The Balaban J connectivity index is 1.81. The van der Waals surface area contributed by atoms with Crippen LogP contribution in [0, 0.1) is 19.3 Å². The number of likely N-dealkylation sites (tertiary alicyclic amines) is 2. The summed E-state index contributed by atoms with van der Waals surface area (Å²) in [7, 11) is 0. The molecule has 1 spiro atoms. The highest BCUT2D eigenvalue weighted by Crippen LogP contribution is 2.41. The van der Waals surface area contributed by atoms with Crippen LogP contribution in [0.4, 0.5) is 0 Å². The van der Waals surface area contributed by atoms with Gasteiger partial charge in [-0.15, -0.1) is 0 Å². The van der Waals surface area contributed by atoms with Crippen molar-refractivity contribution >= 4 is 11.8 Å². The molecule has 3 rings (SSSR count). The van der Waals surface area contributed by atoms with Gasteiger partial charge in [-0.1, -0.05) is 0 Å². The summed E-state index contributed by atoms with van der Waals surface area (Å²) < 4.78 is 2.17. The SMILES string of the molecule is CCn1c(C)cc(C(=O)N2CC[C@]3(CCCN(C(C)C)C3=O)C2)c1C. The Hall–Kier alpha value is -1.78. The Morgan fingerprint density at radius 3 is 2.56 bits per heavy atom. The Labute approximate surface area is 151 Å². The largest absolute Gasteiger partial charge is 0.349 e. The van der Waals surface area contributed by atoms with Crippen LogP contribution in [-0.4, -0.2) is 51.9 Å². The maximum absolute atomic E-state index is 13.1. The van der Waals surface area contributed by atoms with E-state index >= 15 is 0 Å². The molecule has 1 aromatic heterocycles. The second-order valence-electron chi connectivity index (χ2n) is 7.98. The van der Waals surface area contributed by atoms with E-state index in [4.69, 9.17) is 0 Å². The third kappa shape index (κ3) is 2.87. The van der Waals surface area contributed by atoms with Gasteiger partial charge < -0.3 is 14.4 Å². The van der Waals surface area contributed by atoms with Gasteiger partial charge in [0.2, 0.25) is 5.91 Å². The number of aromatic nitrogens is 1. The second-order valence-corrected chi connectivity index (χ2v) is 7.98. The van der Waals surface area contributed by atoms with Gasteiger partial charge in [-0.3, -0.25) is 9.59 Å². The molecule has 2 saturated heterocycles. The number of carbonyl (C=O) groups excluding carboxylic acids is 2. The fourth-order valence-corrected chi connectivity index (χ4v) is 4.69. The summed E-state index contributed by atoms with van der Waals surface area (Å²) >= 11 is 0. The van der Waals surface area contributed by atoms with E-state index < -0.39 is 0 Å². The van der Waals surface area contributed by atoms with E-state index in [1.54, 1.807) is 0 Å². The summed E-state index contributed by atoms with van der Waals surface area (Å²) in [5.74, 6) is 0.335. The summed E-state index contributed by atoms with van der Waals surface area (Å²) in [6, 6.07) is 2.23. The third-order valence-corrected chi connectivity index (χ3v) is 6.15. The molecule has 138 valence electrons. The molecule has 2 aliphatic rings. The van der Waals surface area contributed by atoms with Gasteiger partial charge in [0, 0.05) is 43.6 Å². The summed E-state index contributed by atoms with van der Waals surface area (Å²) in [6.07, 6.45) is 2.75. The number of hydrogen-bond donors (Lipinski definition) is 0. The van der Waals surface area contributed by atoms with Crippen molar-refractivity contribution in [2.24, 2.45) is 5.41 Å². The van der Waals surface area contributed by atoms with Gasteiger partial charge in [0.25, 0.3) is 5.91 Å². The van der Waals surface area contributed by atoms with Crippen LogP contribution in [0.5, 0.6) is 0 Å². The van der Waals surface area contributed by atoms with Gasteiger partial charge >= 0.3 is 0 Å². The molecule has 0 unspecified atom stereocenters. The average Bonchev–Trinajstić information content (AvgIpc) is 3.11. The van der Waals surface area contributed by atoms with E-state index in [0.29, 0.717) is 13.1 Å². The Bertz CT molecular complexity index is 691. The lowest BCUT2D eigenvalue weighted by atomic mass is 9.78. The smallest absolute Gasteiger partial charge is 0.255 e. The lowest BCUT2D eigenvalue weighted by Crippen LogP contribution is -2.52. The minimum atomic E-state index is -0.353. The molecular formula is C20H31N3O2. The van der Waals surface area contributed by atoms with Crippen LogP contribution in [0.25, 0.3) is 0 Å². The van der Waals surface area contributed by atoms with Gasteiger partial charge in [0.15, 0.2) is 0 Å². The molecule has 0 saturated carbocycles. The number of hydrogen-bond acceptors (Lipinski definition) is 2. The van der Waals surface area contributed by atoms with Crippen molar-refractivity contribution in [1.82, 2.24) is 14.4 Å². The van der Waals surface area contributed by atoms with Crippen LogP contribution in [0.2, 0.25) is 0 Å². The van der Waals surface area contributed by atoms with Crippen molar-refractivity contribution in [1.29, 1.82) is 0 Å². The van der Waals surface area contributed by atoms with Crippen LogP contribution >= 0.6 is 0 Å². The van der Waals surface area contributed by atoms with E-state index in [1.807, 2.05) is 29.7 Å². The van der Waals surface area contributed by atoms with Gasteiger partial charge in [-0.2, -0.15) is 0 Å². The normalized spacial score (nSPS) is 24.0. The van der Waals surface area contributed by atoms with Crippen molar-refractivity contribution in [3.05, 3.63) is 23.0 Å². The molecule has 0 aliphatic carbocycles. The minimum absolute atomic E-state index is 0.0825. The molecule has 0 bridgehead atoms. The summed E-state index contributed by atoms with van der Waals surface area (Å²) in [5, 5.41) is 0. The Kier molecular flexibility index (Phi) is 4.69. The third-order valence-electron chi connectivity index (χ3n) is 6.15. The standard InChI is InChI=1S/C20H31N3O2/c1-6-22-15(4)12-17(16(22)5)18(24)21-11-9-20(13-21)8-7-10-23(14(2)3)19(20)25/h12,14H,6-11,13H2,1-5H3/t20-/m1/s1. The van der Waals surface area contributed by atoms with E-state index in [-0.39, 0.29) is 23.3 Å². The van der Waals surface area contributed by atoms with Crippen LogP contribution in [0.1, 0.15) is 61.8 Å². The van der Waals surface area contributed by atoms with Crippen molar-refractivity contribution in [3.63, 3.8) is 0 Å². The zero-order valence-corrected chi connectivity index (χ0v) is 16.3. The molecule has 1 atom stereocenters. The average molecular weight is 345 g/mol. The molecule has 2 amide bonds. The topological polar surface area (TPSA) is 45.6 Å². The maximum atomic E-state index is 13.1. The summed E-state index contributed by atoms with van der Waals surface area (Å²) in [6.45, 7) is 13.3. The molecule has 2 fully saturated rings. The van der Waals surface area contributed by atoms with Crippen LogP contribution in [0.15, 0.2) is 6.07 Å². The molecular weight excluding hydrogens is 314 g/mol. The quantitative estimate of drug-likeness (QED) is 0.845. The molecule has 5 heteroatoms. The van der Waals surface area contributed by atoms with Gasteiger partial charge in [-0.05, 0) is 59.9 Å². The minimum Gasteiger partial charge on any atom is -0.349 e. The van der Waals surface area contributed by atoms with Crippen molar-refractivity contribution < 1.29 is 9.59 Å². The molecule has 2 aliphatic heterocycles. The van der Waals surface area contributed by atoms with E-state index in [1.165, 1.54) is 0 Å². The fraction of sp³-hybridized carbons (Fsp3) is 0.700. The van der Waals surface area contributed by atoms with E-state index in [2.05, 4.69) is 25.3 Å². The predicted octanol–water partition coefficient (Wildman–Crippen LogP) is 2.99. The molecule has 5 nitrogen and oxygen atoms in total. The summed E-state index contributed by atoms with van der Waals surface area (Å²) in [4.78, 5) is 30.0. The first kappa shape index (κ1) is 18.0. The summed E-state index contributed by atoms with van der Waals surface area (Å²) in [5.41, 5.74) is 2.59. The van der Waals surface area contributed by atoms with Crippen LogP contribution in [0.3, 0.4) is 0 Å². The molecule has 0 radical (unpaired) electrons. The zero-order chi connectivity index (χ0) is 18.4. The van der Waals surface area contributed by atoms with Crippen LogP contribution in [-0.2, 0) is 11.3 Å². The number of carbonyl (C=O) groups is 2. The number of rotatable bonds is 3. The first-order valence-electron chi connectivity index (χ1n) is 9.58. The fourth-order valence-electron chi connectivity index (χ4n) is 4.69. The van der Waals surface area contributed by atoms with Gasteiger partial charge in [0.05, 0.1) is 11.0 Å².